The molecule has 0 bridgehead atoms. The summed E-state index contributed by atoms with van der Waals surface area (Å²) in [5.74, 6) is 0.765. The van der Waals surface area contributed by atoms with Gasteiger partial charge < -0.3 is 10.6 Å². The van der Waals surface area contributed by atoms with Crippen molar-refractivity contribution in [2.45, 2.75) is 20.8 Å². The molecule has 0 saturated heterocycles. The fraction of sp³-hybridized carbons (Fsp3) is 0.267. The maximum Gasteiger partial charge on any atom is 0.230 e. The van der Waals surface area contributed by atoms with Crippen molar-refractivity contribution in [1.82, 2.24) is 10.2 Å². The van der Waals surface area contributed by atoms with Crippen molar-refractivity contribution in [1.29, 1.82) is 0 Å². The molecule has 1 amide bonds. The van der Waals surface area contributed by atoms with Crippen LogP contribution in [0.5, 0.6) is 0 Å². The topological polar surface area (TPSA) is 66.9 Å². The lowest BCUT2D eigenvalue weighted by molar-refractivity contribution is -0.123. The molecule has 1 aromatic heterocycles. The van der Waals surface area contributed by atoms with Crippen molar-refractivity contribution >= 4 is 46.4 Å². The van der Waals surface area contributed by atoms with Gasteiger partial charge in [-0.25, -0.2) is 0 Å². The zero-order valence-corrected chi connectivity index (χ0v) is 14.0. The summed E-state index contributed by atoms with van der Waals surface area (Å²) in [6, 6.07) is 8.45. The molecule has 2 rings (SSSR count). The number of aromatic nitrogens is 2. The van der Waals surface area contributed by atoms with Crippen molar-refractivity contribution in [3.8, 4) is 0 Å². The molecule has 0 aliphatic rings. The molecule has 7 heteroatoms. The maximum absolute atomic E-state index is 11.9. The third-order valence-corrected chi connectivity index (χ3v) is 3.34. The molecule has 2 N–H and O–H groups in total. The van der Waals surface area contributed by atoms with E-state index in [1.54, 1.807) is 30.3 Å². The first-order chi connectivity index (χ1) is 10.3. The summed E-state index contributed by atoms with van der Waals surface area (Å²) < 4.78 is 0. The van der Waals surface area contributed by atoms with Crippen LogP contribution in [0.2, 0.25) is 10.0 Å². The van der Waals surface area contributed by atoms with Crippen LogP contribution in [0.25, 0.3) is 0 Å². The summed E-state index contributed by atoms with van der Waals surface area (Å²) in [6.45, 7) is 5.48. The van der Waals surface area contributed by atoms with E-state index in [2.05, 4.69) is 20.8 Å². The van der Waals surface area contributed by atoms with Crippen LogP contribution >= 0.6 is 23.2 Å². The zero-order valence-electron chi connectivity index (χ0n) is 12.4. The molecule has 0 unspecified atom stereocenters. The molecular weight excluding hydrogens is 323 g/mol. The molecule has 0 aliphatic heterocycles. The first-order valence-corrected chi connectivity index (χ1v) is 7.38. The lowest BCUT2D eigenvalue weighted by atomic mass is 9.96. The minimum Gasteiger partial charge on any atom is -0.337 e. The van der Waals surface area contributed by atoms with E-state index in [9.17, 15) is 4.79 Å². The molecule has 0 spiro atoms. The van der Waals surface area contributed by atoms with Gasteiger partial charge in [0.15, 0.2) is 11.6 Å². The summed E-state index contributed by atoms with van der Waals surface area (Å²) in [6.07, 6.45) is 0. The van der Waals surface area contributed by atoms with E-state index in [0.717, 1.165) is 0 Å². The smallest absolute Gasteiger partial charge is 0.230 e. The number of benzene rings is 1. The number of carbonyl (C=O) groups is 1. The largest absolute Gasteiger partial charge is 0.337 e. The highest BCUT2D eigenvalue weighted by atomic mass is 35.5. The van der Waals surface area contributed by atoms with E-state index in [4.69, 9.17) is 23.2 Å². The minimum atomic E-state index is -0.493. The minimum absolute atomic E-state index is 0.125. The quantitative estimate of drug-likeness (QED) is 0.863. The molecule has 0 fully saturated rings. The van der Waals surface area contributed by atoms with Crippen LogP contribution in [0.4, 0.5) is 17.3 Å². The van der Waals surface area contributed by atoms with Gasteiger partial charge in [0.25, 0.3) is 0 Å². The first kappa shape index (κ1) is 16.5. The lowest BCUT2D eigenvalue weighted by Crippen LogP contribution is -2.28. The van der Waals surface area contributed by atoms with Crippen LogP contribution in [-0.2, 0) is 4.79 Å². The number of halogens is 2. The Morgan fingerprint density at radius 1 is 1.05 bits per heavy atom. The molecule has 0 atom stereocenters. The summed E-state index contributed by atoms with van der Waals surface area (Å²) in [5.41, 5.74) is 0.141. The highest BCUT2D eigenvalue weighted by Gasteiger charge is 2.21. The number of hydrogen-bond donors (Lipinski definition) is 2. The van der Waals surface area contributed by atoms with E-state index < -0.39 is 5.41 Å². The van der Waals surface area contributed by atoms with Gasteiger partial charge in [-0.15, -0.1) is 10.2 Å². The number of rotatable bonds is 3. The van der Waals surface area contributed by atoms with E-state index in [1.165, 1.54) is 0 Å². The van der Waals surface area contributed by atoms with Gasteiger partial charge in [0.1, 0.15) is 0 Å². The van der Waals surface area contributed by atoms with E-state index >= 15 is 0 Å². The Hall–Kier alpha value is -1.85. The number of nitrogens with one attached hydrogen (secondary N) is 2. The van der Waals surface area contributed by atoms with Gasteiger partial charge in [0.2, 0.25) is 5.91 Å². The van der Waals surface area contributed by atoms with E-state index in [0.29, 0.717) is 27.4 Å². The summed E-state index contributed by atoms with van der Waals surface area (Å²) in [5, 5.41) is 14.8. The van der Waals surface area contributed by atoms with Crippen LogP contribution < -0.4 is 10.6 Å². The number of amides is 1. The van der Waals surface area contributed by atoms with Crippen LogP contribution in [0.15, 0.2) is 30.3 Å². The number of nitrogens with zero attached hydrogens (tertiary/aromatic N) is 2. The predicted molar refractivity (Wildman–Crippen MR) is 89.9 cm³/mol. The first-order valence-electron chi connectivity index (χ1n) is 6.63. The van der Waals surface area contributed by atoms with Gasteiger partial charge in [0.05, 0.1) is 10.7 Å². The Bertz CT molecular complexity index is 681. The predicted octanol–water partition coefficient (Wildman–Crippen LogP) is 4.51. The molecule has 1 aromatic carbocycles. The second kappa shape index (κ2) is 6.50. The van der Waals surface area contributed by atoms with Gasteiger partial charge in [-0.2, -0.15) is 0 Å². The monoisotopic (exact) mass is 338 g/mol. The van der Waals surface area contributed by atoms with Crippen LogP contribution in [0.3, 0.4) is 0 Å². The third kappa shape index (κ3) is 4.32. The molecular formula is C15H16Cl2N4O. The average Bonchev–Trinajstić information content (AvgIpc) is 2.44. The Kier molecular flexibility index (Phi) is 4.88. The van der Waals surface area contributed by atoms with Crippen LogP contribution in [0, 0.1) is 5.41 Å². The Balaban J connectivity index is 2.09. The highest BCUT2D eigenvalue weighted by Crippen LogP contribution is 2.27. The van der Waals surface area contributed by atoms with Gasteiger partial charge in [-0.05, 0) is 30.3 Å². The van der Waals surface area contributed by atoms with Crippen molar-refractivity contribution in [3.63, 3.8) is 0 Å². The highest BCUT2D eigenvalue weighted by molar-refractivity contribution is 6.35. The van der Waals surface area contributed by atoms with Crippen LogP contribution in [-0.4, -0.2) is 16.1 Å². The SMILES string of the molecule is CC(C)(C)C(=O)Nc1ccc(Nc2cc(Cl)ccc2Cl)nn1. The Labute approximate surface area is 139 Å². The Morgan fingerprint density at radius 3 is 2.27 bits per heavy atom. The maximum atomic E-state index is 11.9. The lowest BCUT2D eigenvalue weighted by Gasteiger charge is -2.16. The fourth-order valence-corrected chi connectivity index (χ4v) is 1.84. The second-order valence-electron chi connectivity index (χ2n) is 5.76. The van der Waals surface area contributed by atoms with E-state index in [1.807, 2.05) is 20.8 Å². The zero-order chi connectivity index (χ0) is 16.3. The third-order valence-electron chi connectivity index (χ3n) is 2.78. The molecule has 1 heterocycles. The second-order valence-corrected chi connectivity index (χ2v) is 6.60. The van der Waals surface area contributed by atoms with Crippen molar-refractivity contribution < 1.29 is 4.79 Å². The number of carbonyl (C=O) groups excluding carboxylic acids is 1. The Morgan fingerprint density at radius 2 is 1.68 bits per heavy atom. The van der Waals surface area contributed by atoms with Crippen molar-refractivity contribution in [2.24, 2.45) is 5.41 Å². The standard InChI is InChI=1S/C15H16Cl2N4O/c1-15(2,3)14(22)19-13-7-6-12(20-21-13)18-11-8-9(16)4-5-10(11)17/h4-8H,1-3H3,(H,18,20)(H,19,21,22). The van der Waals surface area contributed by atoms with Crippen molar-refractivity contribution in [3.05, 3.63) is 40.4 Å². The van der Waals surface area contributed by atoms with Gasteiger partial charge >= 0.3 is 0 Å². The van der Waals surface area contributed by atoms with Gasteiger partial charge in [-0.3, -0.25) is 4.79 Å². The molecule has 0 aliphatic carbocycles. The molecule has 5 nitrogen and oxygen atoms in total. The average molecular weight is 339 g/mol. The molecule has 22 heavy (non-hydrogen) atoms. The molecule has 0 radical (unpaired) electrons. The fourth-order valence-electron chi connectivity index (χ4n) is 1.50. The van der Waals surface area contributed by atoms with Gasteiger partial charge in [-0.1, -0.05) is 44.0 Å². The van der Waals surface area contributed by atoms with Crippen LogP contribution in [0.1, 0.15) is 20.8 Å². The van der Waals surface area contributed by atoms with E-state index in [-0.39, 0.29) is 5.91 Å². The molecule has 116 valence electrons. The number of anilines is 3. The molecule has 2 aromatic rings. The van der Waals surface area contributed by atoms with Crippen molar-refractivity contribution in [2.75, 3.05) is 10.6 Å². The number of hydrogen-bond acceptors (Lipinski definition) is 4. The summed E-state index contributed by atoms with van der Waals surface area (Å²) in [4.78, 5) is 11.9. The normalized spacial score (nSPS) is 11.1. The summed E-state index contributed by atoms with van der Waals surface area (Å²) >= 11 is 12.0. The van der Waals surface area contributed by atoms with Gasteiger partial charge in [0, 0.05) is 10.4 Å². The molecule has 0 saturated carbocycles. The summed E-state index contributed by atoms with van der Waals surface area (Å²) in [7, 11) is 0.